The zero-order valence-corrected chi connectivity index (χ0v) is 42.6. The smallest absolute Gasteiger partial charge is 0.305 e. The molecule has 35 heteroatoms. The first kappa shape index (κ1) is 67.4. The molecule has 1 heterocycles. The summed E-state index contributed by atoms with van der Waals surface area (Å²) >= 11 is 0. The molecule has 1 fully saturated rings. The highest BCUT2D eigenvalue weighted by Gasteiger charge is 2.42. The second-order valence-electron chi connectivity index (χ2n) is 17.8. The van der Waals surface area contributed by atoms with Gasteiger partial charge in [0, 0.05) is 26.3 Å². The van der Waals surface area contributed by atoms with E-state index in [2.05, 4.69) is 26.6 Å². The summed E-state index contributed by atoms with van der Waals surface area (Å²) in [7, 11) is 0. The van der Waals surface area contributed by atoms with Crippen LogP contribution in [0.25, 0.3) is 0 Å². The van der Waals surface area contributed by atoms with Crippen molar-refractivity contribution in [2.45, 2.75) is 158 Å². The maximum Gasteiger partial charge on any atom is 0.305 e. The number of aliphatic hydroxyl groups is 3. The van der Waals surface area contributed by atoms with Crippen LogP contribution in [0.4, 0.5) is 0 Å². The first-order valence-electron chi connectivity index (χ1n) is 23.7. The van der Waals surface area contributed by atoms with Gasteiger partial charge in [0.2, 0.25) is 76.8 Å². The standard InChI is InChI=1S/C43H67N13O22/c1-16(35(70)54-25(15-57)34(46)69)47-41(76)33(18(3)59)55-39(74)22(12-28(45)62)51-38(73)23(13-30(65)66)52-36(71)21(8-10-29(63)64)49-40(75)26-6-5-11-56(26)43(78)24(14-31(67)68)53-37(72)20(7-9-27(44)61)50-42(77)32(17(2)58)48-19(4)60/h16-18,20-26,32-33,57-59H,5-15H2,1-4H3,(H2,44,61)(H2,45,62)(H2,46,69)(H,47,76)(H,48,60)(H,49,75)(H,50,77)(H,51,73)(H,52,71)(H,53,72)(H,54,70)(H,55,74)(H,63,64)(H,65,66)(H,67,68)/t16-,17+,18+,20-,21-,22-,23-,24-,25-,26-,32-,33-/m0/s1. The number of likely N-dealkylation sites (tertiary alicyclic amines) is 1. The monoisotopic (exact) mass is 1120 g/mol. The molecule has 21 N–H and O–H groups in total. The number of hydrogen-bond acceptors (Lipinski definition) is 19. The number of carbonyl (C=O) groups is 16. The van der Waals surface area contributed by atoms with Crippen LogP contribution < -0.4 is 65.1 Å². The van der Waals surface area contributed by atoms with E-state index in [1.54, 1.807) is 0 Å². The molecule has 1 aliphatic heterocycles. The van der Waals surface area contributed by atoms with Crippen LogP contribution in [0.2, 0.25) is 0 Å². The summed E-state index contributed by atoms with van der Waals surface area (Å²) in [6, 6.07) is -18.3. The lowest BCUT2D eigenvalue weighted by molar-refractivity contribution is -0.146. The van der Waals surface area contributed by atoms with E-state index < -0.39 is 219 Å². The summed E-state index contributed by atoms with van der Waals surface area (Å²) in [6.07, 6.45) is -9.70. The van der Waals surface area contributed by atoms with Crippen molar-refractivity contribution in [2.75, 3.05) is 13.2 Å². The van der Waals surface area contributed by atoms with E-state index in [-0.39, 0.29) is 19.4 Å². The second-order valence-corrected chi connectivity index (χ2v) is 17.8. The molecule has 0 spiro atoms. The lowest BCUT2D eigenvalue weighted by atomic mass is 10.1. The van der Waals surface area contributed by atoms with Crippen LogP contribution in [0.5, 0.6) is 0 Å². The van der Waals surface area contributed by atoms with Crippen LogP contribution in [0, 0.1) is 0 Å². The van der Waals surface area contributed by atoms with E-state index in [1.165, 1.54) is 0 Å². The normalized spacial score (nSPS) is 17.1. The average Bonchev–Trinajstić information content (AvgIpc) is 3.82. The number of carboxylic acids is 3. The Labute approximate surface area is 442 Å². The first-order chi connectivity index (χ1) is 36.2. The molecule has 35 nitrogen and oxygen atoms in total. The van der Waals surface area contributed by atoms with Gasteiger partial charge in [-0.25, -0.2) is 0 Å². The SMILES string of the molecule is CC(=O)N[C@H](C(=O)N[C@@H](CCC(N)=O)C(=O)N[C@@H](CC(=O)O)C(=O)N1CCC[C@H]1C(=O)N[C@@H](CCC(=O)O)C(=O)N[C@@H](CC(=O)O)C(=O)N[C@@H](CC(N)=O)C(=O)N[C@H](C(=O)N[C@@H](C)C(=O)N[C@@H](CO)C(N)=O)[C@@H](C)O)[C@@H](C)O. The van der Waals surface area contributed by atoms with Gasteiger partial charge in [0.15, 0.2) is 0 Å². The third-order valence-corrected chi connectivity index (χ3v) is 11.3. The Kier molecular flexibility index (Phi) is 27.7. The van der Waals surface area contributed by atoms with E-state index in [0.29, 0.717) is 0 Å². The van der Waals surface area contributed by atoms with Crippen LogP contribution >= 0.6 is 0 Å². The lowest BCUT2D eigenvalue weighted by Gasteiger charge is -2.30. The van der Waals surface area contributed by atoms with E-state index >= 15 is 0 Å². The Balaban J connectivity index is 3.47. The van der Waals surface area contributed by atoms with Crippen molar-refractivity contribution in [1.29, 1.82) is 0 Å². The maximum absolute atomic E-state index is 14.0. The van der Waals surface area contributed by atoms with E-state index in [1.807, 2.05) is 21.3 Å². The molecule has 0 aromatic carbocycles. The summed E-state index contributed by atoms with van der Waals surface area (Å²) in [6.45, 7) is 3.04. The van der Waals surface area contributed by atoms with Crippen LogP contribution in [0.1, 0.15) is 85.5 Å². The molecular weight excluding hydrogens is 1050 g/mol. The Hall–Kier alpha value is -8.60. The van der Waals surface area contributed by atoms with Gasteiger partial charge >= 0.3 is 17.9 Å². The van der Waals surface area contributed by atoms with Gasteiger partial charge in [0.05, 0.1) is 38.1 Å². The van der Waals surface area contributed by atoms with Crippen molar-refractivity contribution in [3.63, 3.8) is 0 Å². The van der Waals surface area contributed by atoms with Crippen molar-refractivity contribution in [1.82, 2.24) is 52.8 Å². The Morgan fingerprint density at radius 2 is 0.936 bits per heavy atom. The molecule has 0 aromatic heterocycles. The van der Waals surface area contributed by atoms with E-state index in [4.69, 9.17) is 17.2 Å². The number of carbonyl (C=O) groups excluding carboxylic acids is 13. The van der Waals surface area contributed by atoms with Crippen LogP contribution in [0.3, 0.4) is 0 Å². The maximum atomic E-state index is 14.0. The number of aliphatic hydroxyl groups excluding tert-OH is 3. The molecule has 0 aromatic rings. The van der Waals surface area contributed by atoms with Gasteiger partial charge in [-0.05, 0) is 46.5 Å². The van der Waals surface area contributed by atoms with E-state index in [0.717, 1.165) is 32.6 Å². The van der Waals surface area contributed by atoms with Gasteiger partial charge in [-0.15, -0.1) is 0 Å². The van der Waals surface area contributed by atoms with Crippen molar-refractivity contribution >= 4 is 94.7 Å². The fraction of sp³-hybridized carbons (Fsp3) is 0.628. The summed E-state index contributed by atoms with van der Waals surface area (Å²) in [4.78, 5) is 204. The zero-order chi connectivity index (χ0) is 59.9. The minimum atomic E-state index is -2.22. The quantitative estimate of drug-likeness (QED) is 0.0284. The van der Waals surface area contributed by atoms with Crippen molar-refractivity contribution < 1.29 is 107 Å². The Morgan fingerprint density at radius 1 is 0.500 bits per heavy atom. The highest BCUT2D eigenvalue weighted by molar-refractivity contribution is 6.01. The summed E-state index contributed by atoms with van der Waals surface area (Å²) in [5.41, 5.74) is 15.6. The molecule has 1 aliphatic rings. The number of rotatable bonds is 34. The summed E-state index contributed by atoms with van der Waals surface area (Å²) < 4.78 is 0. The molecule has 1 saturated heterocycles. The third kappa shape index (κ3) is 23.1. The van der Waals surface area contributed by atoms with Gasteiger partial charge in [0.25, 0.3) is 0 Å². The molecule has 13 amide bonds. The molecule has 0 saturated carbocycles. The molecule has 1 rings (SSSR count). The molecule has 436 valence electrons. The Morgan fingerprint density at radius 3 is 1.41 bits per heavy atom. The fourth-order valence-corrected chi connectivity index (χ4v) is 7.27. The number of nitrogens with zero attached hydrogens (tertiary/aromatic N) is 1. The largest absolute Gasteiger partial charge is 0.481 e. The van der Waals surface area contributed by atoms with Crippen molar-refractivity contribution in [3.8, 4) is 0 Å². The highest BCUT2D eigenvalue weighted by atomic mass is 16.4. The predicted molar refractivity (Wildman–Crippen MR) is 257 cm³/mol. The van der Waals surface area contributed by atoms with Gasteiger partial charge in [0.1, 0.15) is 60.4 Å². The van der Waals surface area contributed by atoms with Gasteiger partial charge in [-0.1, -0.05) is 0 Å². The third-order valence-electron chi connectivity index (χ3n) is 11.3. The van der Waals surface area contributed by atoms with Gasteiger partial charge in [-0.2, -0.15) is 0 Å². The molecule has 0 radical (unpaired) electrons. The van der Waals surface area contributed by atoms with E-state index in [9.17, 15) is 107 Å². The molecule has 0 aliphatic carbocycles. The fourth-order valence-electron chi connectivity index (χ4n) is 7.27. The minimum absolute atomic E-state index is 0.0365. The first-order valence-corrected chi connectivity index (χ1v) is 23.7. The number of nitrogens with two attached hydrogens (primary N) is 3. The summed E-state index contributed by atoms with van der Waals surface area (Å²) in [5, 5.41) is 77.4. The number of aliphatic carboxylic acids is 3. The van der Waals surface area contributed by atoms with Gasteiger partial charge in [-0.3, -0.25) is 76.7 Å². The molecule has 0 unspecified atom stereocenters. The number of nitrogens with one attached hydrogen (secondary N) is 9. The topological polar surface area (TPSA) is 584 Å². The molecule has 12 atom stereocenters. The van der Waals surface area contributed by atoms with Crippen LogP contribution in [-0.2, 0) is 76.7 Å². The highest BCUT2D eigenvalue weighted by Crippen LogP contribution is 2.20. The molecular formula is C43H67N13O22. The number of amides is 13. The molecule has 78 heavy (non-hydrogen) atoms. The molecule has 0 bridgehead atoms. The predicted octanol–water partition coefficient (Wildman–Crippen LogP) is -10.4. The van der Waals surface area contributed by atoms with Crippen molar-refractivity contribution in [2.24, 2.45) is 17.2 Å². The number of primary amides is 3. The van der Waals surface area contributed by atoms with Gasteiger partial charge < -0.3 is 101 Å². The minimum Gasteiger partial charge on any atom is -0.481 e. The van der Waals surface area contributed by atoms with Crippen LogP contribution in [-0.4, -0.2) is 216 Å². The average molecular weight is 1120 g/mol. The second kappa shape index (κ2) is 32.1. The Bertz CT molecular complexity index is 2300. The van der Waals surface area contributed by atoms with Crippen LogP contribution in [0.15, 0.2) is 0 Å². The van der Waals surface area contributed by atoms with Crippen molar-refractivity contribution in [3.05, 3.63) is 0 Å². The number of hydrogen-bond donors (Lipinski definition) is 18. The lowest BCUT2D eigenvalue weighted by Crippen LogP contribution is -2.62. The zero-order valence-electron chi connectivity index (χ0n) is 42.6. The summed E-state index contributed by atoms with van der Waals surface area (Å²) in [5.74, 6) is -20.6. The number of carboxylic acid groups (broad SMARTS) is 3.